The third-order valence-electron chi connectivity index (χ3n) is 7.65. The van der Waals surface area contributed by atoms with E-state index in [9.17, 15) is 14.4 Å². The summed E-state index contributed by atoms with van der Waals surface area (Å²) in [6.07, 6.45) is 21.8. The number of nitrogens with zero attached hydrogens (tertiary/aromatic N) is 1. The fourth-order valence-corrected chi connectivity index (χ4v) is 5.28. The zero-order valence-electron chi connectivity index (χ0n) is 28.9. The Bertz CT molecular complexity index is 941. The summed E-state index contributed by atoms with van der Waals surface area (Å²) >= 11 is 6.11. The molecule has 1 atom stereocenters. The molecule has 10 nitrogen and oxygen atoms in total. The molecule has 0 saturated heterocycles. The lowest BCUT2D eigenvalue weighted by Gasteiger charge is -2.15. The van der Waals surface area contributed by atoms with Gasteiger partial charge in [0.2, 0.25) is 5.91 Å². The van der Waals surface area contributed by atoms with Crippen molar-refractivity contribution in [3.8, 4) is 0 Å². The van der Waals surface area contributed by atoms with Crippen molar-refractivity contribution in [3.05, 3.63) is 28.5 Å². The van der Waals surface area contributed by atoms with Gasteiger partial charge in [-0.25, -0.2) is 9.59 Å². The van der Waals surface area contributed by atoms with Crippen molar-refractivity contribution < 1.29 is 57.1 Å². The minimum atomic E-state index is -0.880. The van der Waals surface area contributed by atoms with Gasteiger partial charge in [0.05, 0.1) is 5.56 Å². The van der Waals surface area contributed by atoms with E-state index in [-0.39, 0.29) is 37.2 Å². The second kappa shape index (κ2) is 31.7. The van der Waals surface area contributed by atoms with Gasteiger partial charge in [0, 0.05) is 25.3 Å². The van der Waals surface area contributed by atoms with Crippen molar-refractivity contribution in [2.24, 2.45) is 11.5 Å². The summed E-state index contributed by atoms with van der Waals surface area (Å²) in [5.41, 5.74) is 11.5. The fourth-order valence-electron chi connectivity index (χ4n) is 4.87. The van der Waals surface area contributed by atoms with Gasteiger partial charge in [-0.2, -0.15) is 4.57 Å². The van der Waals surface area contributed by atoms with Gasteiger partial charge in [0.1, 0.15) is 25.9 Å². The van der Waals surface area contributed by atoms with Gasteiger partial charge in [-0.15, -0.1) is 0 Å². The average molecular weight is 785 g/mol. The average Bonchev–Trinajstić information content (AvgIpc) is 3.02. The Kier molecular flexibility index (Phi) is 31.9. The van der Waals surface area contributed by atoms with Crippen LogP contribution in [-0.4, -0.2) is 51.1 Å². The van der Waals surface area contributed by atoms with E-state index >= 15 is 0 Å². The topological polar surface area (TPSA) is 147 Å². The number of nitrogens with two attached hydrogens (primary N) is 2. The molecule has 0 saturated carbocycles. The zero-order valence-corrected chi connectivity index (χ0v) is 31.8. The molecule has 0 bridgehead atoms. The smallest absolute Gasteiger partial charge is 0.407 e. The van der Waals surface area contributed by atoms with Crippen molar-refractivity contribution in [1.82, 2.24) is 5.32 Å². The maximum atomic E-state index is 11.6. The molecule has 0 aromatic carbocycles. The second-order valence-corrected chi connectivity index (χ2v) is 11.7. The summed E-state index contributed by atoms with van der Waals surface area (Å²) in [4.78, 5) is 33.3. The third kappa shape index (κ3) is 24.3. The quantitative estimate of drug-likeness (QED) is 0.0581. The Balaban J connectivity index is 0. The molecule has 1 aromatic heterocycles. The van der Waals surface area contributed by atoms with Gasteiger partial charge in [-0.1, -0.05) is 110 Å². The molecule has 1 aromatic rings. The number of alkyl carbamates (subject to hydrolysis) is 1. The lowest BCUT2D eigenvalue weighted by Crippen LogP contribution is -3.00. The minimum Gasteiger partial charge on any atom is -1.00 e. The first kappa shape index (κ1) is 46.3. The highest BCUT2D eigenvalue weighted by Crippen LogP contribution is 2.16. The molecule has 3 amide bonds. The van der Waals surface area contributed by atoms with Crippen LogP contribution in [0.3, 0.4) is 0 Å². The number of ether oxygens (including phenoxy) is 3. The van der Waals surface area contributed by atoms with E-state index in [0.717, 1.165) is 24.9 Å². The molecule has 0 aliphatic heterocycles. The summed E-state index contributed by atoms with van der Waals surface area (Å²) in [6, 6.07) is 1.72. The third-order valence-corrected chi connectivity index (χ3v) is 8.10. The number of carbonyl (C=O) groups excluding carboxylic acids is 3. The second-order valence-electron chi connectivity index (χ2n) is 11.3. The summed E-state index contributed by atoms with van der Waals surface area (Å²) in [5.74, 6) is -0.424. The fraction of sp³-hybridized carbons (Fsp3) is 0.765. The predicted octanol–water partition coefficient (Wildman–Crippen LogP) is 4.40. The number of hydrogen-bond acceptors (Lipinski definition) is 6. The molecule has 1 unspecified atom stereocenters. The molecule has 5 N–H and O–H groups in total. The Morgan fingerprint density at radius 3 is 1.70 bits per heavy atom. The Labute approximate surface area is 300 Å². The number of amides is 3. The molecule has 0 radical (unpaired) electrons. The van der Waals surface area contributed by atoms with Crippen LogP contribution in [0, 0.1) is 0 Å². The van der Waals surface area contributed by atoms with Crippen molar-refractivity contribution in [2.75, 3.05) is 26.9 Å². The number of aryl methyl sites for hydroxylation is 1. The maximum Gasteiger partial charge on any atom is 0.407 e. The van der Waals surface area contributed by atoms with E-state index < -0.39 is 24.2 Å². The molecule has 0 spiro atoms. The Morgan fingerprint density at radius 2 is 1.28 bits per heavy atom. The molecule has 46 heavy (non-hydrogen) atoms. The molecule has 12 heteroatoms. The van der Waals surface area contributed by atoms with Crippen molar-refractivity contribution in [1.29, 1.82) is 0 Å². The monoisotopic (exact) mass is 784 g/mol. The van der Waals surface area contributed by atoms with Crippen molar-refractivity contribution >= 4 is 29.7 Å². The number of rotatable bonds is 25. The first-order chi connectivity index (χ1) is 21.7. The molecule has 0 aliphatic carbocycles. The minimum absolute atomic E-state index is 0. The first-order valence-electron chi connectivity index (χ1n) is 17.1. The van der Waals surface area contributed by atoms with Crippen LogP contribution in [-0.2, 0) is 27.2 Å². The summed E-state index contributed by atoms with van der Waals surface area (Å²) in [7, 11) is 1.45. The number of unbranched alkanes of at least 4 members (excludes halogenated alkanes) is 15. The highest BCUT2D eigenvalue weighted by molar-refractivity contribution is 6.29. The van der Waals surface area contributed by atoms with Crippen LogP contribution in [0.4, 0.5) is 9.59 Å². The van der Waals surface area contributed by atoms with Crippen LogP contribution < -0.4 is 45.3 Å². The molecule has 0 fully saturated rings. The molecular weight excluding hydrogens is 723 g/mol. The Hall–Kier alpha value is -1.86. The van der Waals surface area contributed by atoms with Gasteiger partial charge in [-0.3, -0.25) is 4.79 Å². The van der Waals surface area contributed by atoms with E-state index in [1.54, 1.807) is 12.3 Å². The standard InChI is InChI=1S/C24H48N2O5.C10H13ClN2O.HI/c1-3-4-5-6-7-8-9-10-11-12-13-14-15-16-17-18-19-26-24(28)31-21-22(29-2)20-30-23(25)27;1-3-7-8(10(12)14)5-6-13(4-2)9(7)11;/h22H,3-21H2,1-2H3,(H2,25,27)(H,26,28);5-6H,3-4H2,1-2H3,(H-,12,14);1H. The largest absolute Gasteiger partial charge is 1.00 e. The van der Waals surface area contributed by atoms with E-state index in [0.29, 0.717) is 23.7 Å². The van der Waals surface area contributed by atoms with E-state index in [1.807, 2.05) is 18.4 Å². The van der Waals surface area contributed by atoms with Crippen LogP contribution in [0.2, 0.25) is 5.15 Å². The number of carbonyl (C=O) groups is 3. The SMILES string of the molecule is CCCCCCCCCCCCCCCCCCNC(=O)OCC(COC(N)=O)OC.CCc1c(C(N)=O)cc[n+](CC)c1Cl.[I-]. The van der Waals surface area contributed by atoms with Gasteiger partial charge < -0.3 is 55.0 Å². The number of hydrogen-bond donors (Lipinski definition) is 3. The van der Waals surface area contributed by atoms with Crippen LogP contribution in [0.5, 0.6) is 0 Å². The number of halogens is 2. The lowest BCUT2D eigenvalue weighted by molar-refractivity contribution is -0.691. The maximum absolute atomic E-state index is 11.6. The molecule has 1 heterocycles. The Morgan fingerprint density at radius 1 is 0.804 bits per heavy atom. The number of nitrogens with one attached hydrogen (secondary N) is 1. The van der Waals surface area contributed by atoms with Gasteiger partial charge in [0.15, 0.2) is 6.20 Å². The van der Waals surface area contributed by atoms with Crippen LogP contribution in [0.1, 0.15) is 139 Å². The van der Waals surface area contributed by atoms with Crippen molar-refractivity contribution in [2.45, 2.75) is 143 Å². The number of methoxy groups -OCH3 is 1. The highest BCUT2D eigenvalue weighted by Gasteiger charge is 2.18. The molecule has 1 rings (SSSR count). The van der Waals surface area contributed by atoms with Gasteiger partial charge >= 0.3 is 12.2 Å². The van der Waals surface area contributed by atoms with Gasteiger partial charge in [0.25, 0.3) is 5.15 Å². The molecular formula is C34H62ClIN4O6. The first-order valence-corrected chi connectivity index (χ1v) is 17.5. The number of pyridine rings is 1. The predicted molar refractivity (Wildman–Crippen MR) is 180 cm³/mol. The van der Waals surface area contributed by atoms with Crippen molar-refractivity contribution in [3.63, 3.8) is 0 Å². The van der Waals surface area contributed by atoms with Crippen LogP contribution >= 0.6 is 11.6 Å². The summed E-state index contributed by atoms with van der Waals surface area (Å²) in [6.45, 7) is 7.57. The molecule has 0 aliphatic rings. The van der Waals surface area contributed by atoms with Gasteiger partial charge in [-0.05, 0) is 31.4 Å². The number of aromatic nitrogens is 1. The summed E-state index contributed by atoms with van der Waals surface area (Å²) < 4.78 is 16.6. The van der Waals surface area contributed by atoms with Crippen LogP contribution in [0.25, 0.3) is 0 Å². The lowest BCUT2D eigenvalue weighted by atomic mass is 10.0. The van der Waals surface area contributed by atoms with Crippen LogP contribution in [0.15, 0.2) is 12.3 Å². The normalized spacial score (nSPS) is 11.1. The summed E-state index contributed by atoms with van der Waals surface area (Å²) in [5, 5.41) is 3.33. The van der Waals surface area contributed by atoms with E-state index in [4.69, 9.17) is 32.5 Å². The van der Waals surface area contributed by atoms with E-state index in [2.05, 4.69) is 17.0 Å². The molecule has 268 valence electrons. The highest BCUT2D eigenvalue weighted by atomic mass is 127. The number of primary amides is 2. The zero-order chi connectivity index (χ0) is 33.7. The van der Waals surface area contributed by atoms with E-state index in [1.165, 1.54) is 97.0 Å².